The van der Waals surface area contributed by atoms with Crippen molar-refractivity contribution in [2.75, 3.05) is 18.5 Å². The van der Waals surface area contributed by atoms with Gasteiger partial charge in [0.05, 0.1) is 0 Å². The summed E-state index contributed by atoms with van der Waals surface area (Å²) in [5.74, 6) is 0.446. The van der Waals surface area contributed by atoms with E-state index in [1.165, 1.54) is 6.07 Å². The van der Waals surface area contributed by atoms with Crippen LogP contribution in [0.15, 0.2) is 18.2 Å². The molecule has 2 N–H and O–H groups in total. The maximum atomic E-state index is 13.9. The van der Waals surface area contributed by atoms with E-state index in [-0.39, 0.29) is 11.9 Å². The number of nitrogens with zero attached hydrogens (tertiary/aromatic N) is 1. The van der Waals surface area contributed by atoms with Gasteiger partial charge in [-0.2, -0.15) is 0 Å². The highest BCUT2D eigenvalue weighted by atomic mass is 19.1. The third-order valence-electron chi connectivity index (χ3n) is 3.31. The maximum Gasteiger partial charge on any atom is 0.128 e. The van der Waals surface area contributed by atoms with Crippen LogP contribution >= 0.6 is 0 Å². The molecule has 3 heteroatoms. The van der Waals surface area contributed by atoms with Gasteiger partial charge < -0.3 is 10.6 Å². The predicted molar refractivity (Wildman–Crippen MR) is 76.5 cm³/mol. The Balaban J connectivity index is 2.96. The van der Waals surface area contributed by atoms with Gasteiger partial charge in [-0.3, -0.25) is 0 Å². The fourth-order valence-electron chi connectivity index (χ4n) is 2.12. The summed E-state index contributed by atoms with van der Waals surface area (Å²) in [5.41, 5.74) is 7.50. The lowest BCUT2D eigenvalue weighted by atomic mass is 10.0. The van der Waals surface area contributed by atoms with Crippen molar-refractivity contribution in [3.8, 4) is 0 Å². The zero-order chi connectivity index (χ0) is 13.7. The van der Waals surface area contributed by atoms with Gasteiger partial charge in [-0.1, -0.05) is 26.3 Å². The molecule has 1 aromatic rings. The van der Waals surface area contributed by atoms with Crippen molar-refractivity contribution in [3.05, 3.63) is 29.6 Å². The molecule has 0 bridgehead atoms. The van der Waals surface area contributed by atoms with Crippen molar-refractivity contribution in [3.63, 3.8) is 0 Å². The highest BCUT2D eigenvalue weighted by molar-refractivity contribution is 5.54. The van der Waals surface area contributed by atoms with Crippen molar-refractivity contribution < 1.29 is 4.39 Å². The summed E-state index contributed by atoms with van der Waals surface area (Å²) < 4.78 is 13.9. The number of hydrogen-bond acceptors (Lipinski definition) is 2. The van der Waals surface area contributed by atoms with Gasteiger partial charge in [0.1, 0.15) is 5.82 Å². The van der Waals surface area contributed by atoms with Crippen molar-refractivity contribution in [1.82, 2.24) is 0 Å². The molecule has 1 aromatic carbocycles. The molecular weight excluding hydrogens is 227 g/mol. The Bertz CT molecular complexity index is 377. The molecular formula is C15H25FN2. The van der Waals surface area contributed by atoms with Gasteiger partial charge in [0.15, 0.2) is 0 Å². The highest BCUT2D eigenvalue weighted by Gasteiger charge is 2.14. The quantitative estimate of drug-likeness (QED) is 0.842. The van der Waals surface area contributed by atoms with Gasteiger partial charge in [-0.05, 0) is 31.4 Å². The number of benzene rings is 1. The van der Waals surface area contributed by atoms with E-state index in [9.17, 15) is 4.39 Å². The van der Waals surface area contributed by atoms with E-state index in [1.807, 2.05) is 20.0 Å². The minimum absolute atomic E-state index is 0.0300. The second-order valence-electron chi connectivity index (χ2n) is 5.31. The average Bonchev–Trinajstić information content (AvgIpc) is 2.30. The average molecular weight is 252 g/mol. The Morgan fingerprint density at radius 3 is 2.56 bits per heavy atom. The van der Waals surface area contributed by atoms with Crippen LogP contribution in [0, 0.1) is 11.7 Å². The molecule has 0 aliphatic rings. The summed E-state index contributed by atoms with van der Waals surface area (Å²) >= 11 is 0. The Kier molecular flexibility index (Phi) is 5.60. The Morgan fingerprint density at radius 2 is 2.00 bits per heavy atom. The fourth-order valence-corrected chi connectivity index (χ4v) is 2.12. The molecule has 1 rings (SSSR count). The summed E-state index contributed by atoms with van der Waals surface area (Å²) in [6.07, 6.45) is 1.70. The number of anilines is 1. The number of nitrogens with two attached hydrogens (primary N) is 1. The zero-order valence-corrected chi connectivity index (χ0v) is 11.9. The van der Waals surface area contributed by atoms with Crippen LogP contribution in [0.3, 0.4) is 0 Å². The van der Waals surface area contributed by atoms with Crippen LogP contribution in [0.5, 0.6) is 0 Å². The van der Waals surface area contributed by atoms with Crippen LogP contribution in [0.2, 0.25) is 0 Å². The topological polar surface area (TPSA) is 29.3 Å². The molecule has 0 amide bonds. The van der Waals surface area contributed by atoms with Gasteiger partial charge in [0, 0.05) is 30.9 Å². The molecule has 0 radical (unpaired) electrons. The fraction of sp³-hybridized carbons (Fsp3) is 0.600. The molecule has 0 aromatic heterocycles. The second kappa shape index (κ2) is 6.74. The van der Waals surface area contributed by atoms with Crippen LogP contribution < -0.4 is 10.6 Å². The number of halogens is 1. The summed E-state index contributed by atoms with van der Waals surface area (Å²) in [7, 11) is 2.02. The van der Waals surface area contributed by atoms with E-state index in [4.69, 9.17) is 5.73 Å². The summed E-state index contributed by atoms with van der Waals surface area (Å²) in [5, 5.41) is 0. The molecule has 0 aliphatic carbocycles. The van der Waals surface area contributed by atoms with Gasteiger partial charge in [0.2, 0.25) is 0 Å². The van der Waals surface area contributed by atoms with Crippen LogP contribution in [0.25, 0.3) is 0 Å². The maximum absolute atomic E-state index is 13.9. The van der Waals surface area contributed by atoms with E-state index in [0.29, 0.717) is 12.3 Å². The molecule has 0 fully saturated rings. The van der Waals surface area contributed by atoms with Crippen molar-refractivity contribution in [2.45, 2.75) is 39.7 Å². The monoisotopic (exact) mass is 252 g/mol. The first-order chi connectivity index (χ1) is 8.45. The largest absolute Gasteiger partial charge is 0.374 e. The van der Waals surface area contributed by atoms with E-state index < -0.39 is 0 Å². The molecule has 2 unspecified atom stereocenters. The van der Waals surface area contributed by atoms with Gasteiger partial charge >= 0.3 is 0 Å². The van der Waals surface area contributed by atoms with E-state index >= 15 is 0 Å². The SMILES string of the molecule is CCC(C)CN(C)c1cccc(F)c1CC(C)N. The van der Waals surface area contributed by atoms with Gasteiger partial charge in [0.25, 0.3) is 0 Å². The third kappa shape index (κ3) is 3.98. The molecule has 2 nitrogen and oxygen atoms in total. The first kappa shape index (κ1) is 15.0. The lowest BCUT2D eigenvalue weighted by molar-refractivity contribution is 0.554. The molecule has 0 saturated carbocycles. The van der Waals surface area contributed by atoms with E-state index in [0.717, 1.165) is 24.2 Å². The van der Waals surface area contributed by atoms with Gasteiger partial charge in [-0.25, -0.2) is 4.39 Å². The third-order valence-corrected chi connectivity index (χ3v) is 3.31. The molecule has 18 heavy (non-hydrogen) atoms. The second-order valence-corrected chi connectivity index (χ2v) is 5.31. The zero-order valence-electron chi connectivity index (χ0n) is 11.9. The van der Waals surface area contributed by atoms with Crippen molar-refractivity contribution in [2.24, 2.45) is 11.7 Å². The van der Waals surface area contributed by atoms with E-state index in [2.05, 4.69) is 18.7 Å². The Morgan fingerprint density at radius 1 is 1.33 bits per heavy atom. The molecule has 102 valence electrons. The summed E-state index contributed by atoms with van der Waals surface area (Å²) in [6, 6.07) is 5.22. The summed E-state index contributed by atoms with van der Waals surface area (Å²) in [6.45, 7) is 7.23. The van der Waals surface area contributed by atoms with Crippen LogP contribution in [0.1, 0.15) is 32.8 Å². The molecule has 0 spiro atoms. The summed E-state index contributed by atoms with van der Waals surface area (Å²) in [4.78, 5) is 2.13. The predicted octanol–water partition coefficient (Wildman–Crippen LogP) is 3.20. The minimum Gasteiger partial charge on any atom is -0.374 e. The van der Waals surface area contributed by atoms with Crippen molar-refractivity contribution >= 4 is 5.69 Å². The van der Waals surface area contributed by atoms with Crippen LogP contribution in [-0.4, -0.2) is 19.6 Å². The lowest BCUT2D eigenvalue weighted by Crippen LogP contribution is -2.27. The number of hydrogen-bond donors (Lipinski definition) is 1. The Hall–Kier alpha value is -1.09. The Labute approximate surface area is 110 Å². The molecule has 2 atom stereocenters. The van der Waals surface area contributed by atoms with Gasteiger partial charge in [-0.15, -0.1) is 0 Å². The first-order valence-electron chi connectivity index (χ1n) is 6.69. The number of rotatable bonds is 6. The minimum atomic E-state index is -0.152. The molecule has 0 heterocycles. The lowest BCUT2D eigenvalue weighted by Gasteiger charge is -2.26. The highest BCUT2D eigenvalue weighted by Crippen LogP contribution is 2.24. The smallest absolute Gasteiger partial charge is 0.128 e. The first-order valence-corrected chi connectivity index (χ1v) is 6.69. The van der Waals surface area contributed by atoms with Crippen LogP contribution in [-0.2, 0) is 6.42 Å². The molecule has 0 aliphatic heterocycles. The molecule has 0 saturated heterocycles. The van der Waals surface area contributed by atoms with Crippen LogP contribution in [0.4, 0.5) is 10.1 Å². The normalized spacial score (nSPS) is 14.3. The van der Waals surface area contributed by atoms with E-state index in [1.54, 1.807) is 6.07 Å². The standard InChI is InChI=1S/C15H25FN2/c1-5-11(2)10-18(4)15-8-6-7-14(16)13(15)9-12(3)17/h6-8,11-12H,5,9-10,17H2,1-4H3. The van der Waals surface area contributed by atoms with Crippen molar-refractivity contribution in [1.29, 1.82) is 0 Å².